The second kappa shape index (κ2) is 6.37. The number of rotatable bonds is 4. The zero-order valence-corrected chi connectivity index (χ0v) is 13.9. The van der Waals surface area contributed by atoms with E-state index in [0.717, 1.165) is 19.3 Å². The van der Waals surface area contributed by atoms with Crippen LogP contribution in [-0.2, 0) is 9.59 Å². The largest absolute Gasteiger partial charge is 0.342 e. The van der Waals surface area contributed by atoms with E-state index in [0.29, 0.717) is 12.5 Å². The highest BCUT2D eigenvalue weighted by molar-refractivity contribution is 5.97. The Morgan fingerprint density at radius 1 is 1.19 bits per heavy atom. The standard InChI is InChI=1S/C17H30N2O2/c1-5-17(3,4)11-19-12(2)15(20)18-14(16(19)21)13-9-7-6-8-10-13/h12-14H,5-11H2,1-4H3,(H,18,20). The Labute approximate surface area is 128 Å². The van der Waals surface area contributed by atoms with E-state index in [-0.39, 0.29) is 29.3 Å². The van der Waals surface area contributed by atoms with Crippen LogP contribution >= 0.6 is 0 Å². The number of nitrogens with zero attached hydrogens (tertiary/aromatic N) is 1. The molecule has 0 bridgehead atoms. The summed E-state index contributed by atoms with van der Waals surface area (Å²) in [5.41, 5.74) is 0.0542. The van der Waals surface area contributed by atoms with Crippen molar-refractivity contribution in [3.05, 3.63) is 0 Å². The van der Waals surface area contributed by atoms with Crippen LogP contribution in [0.15, 0.2) is 0 Å². The van der Waals surface area contributed by atoms with Gasteiger partial charge in [0, 0.05) is 6.54 Å². The molecule has 2 amide bonds. The van der Waals surface area contributed by atoms with Gasteiger partial charge < -0.3 is 10.2 Å². The molecule has 4 heteroatoms. The molecule has 120 valence electrons. The third-order valence-corrected chi connectivity index (χ3v) is 5.37. The van der Waals surface area contributed by atoms with Gasteiger partial charge in [-0.2, -0.15) is 0 Å². The lowest BCUT2D eigenvalue weighted by molar-refractivity contribution is -0.152. The molecule has 2 fully saturated rings. The van der Waals surface area contributed by atoms with E-state index >= 15 is 0 Å². The summed E-state index contributed by atoms with van der Waals surface area (Å²) in [6.45, 7) is 8.97. The monoisotopic (exact) mass is 294 g/mol. The quantitative estimate of drug-likeness (QED) is 0.866. The maximum atomic E-state index is 12.9. The molecule has 0 spiro atoms. The van der Waals surface area contributed by atoms with Gasteiger partial charge in [-0.3, -0.25) is 9.59 Å². The lowest BCUT2D eigenvalue weighted by atomic mass is 9.81. The molecule has 1 aliphatic heterocycles. The first-order valence-corrected chi connectivity index (χ1v) is 8.46. The third-order valence-electron chi connectivity index (χ3n) is 5.37. The molecule has 1 saturated heterocycles. The van der Waals surface area contributed by atoms with Crippen molar-refractivity contribution in [2.45, 2.75) is 78.3 Å². The first-order valence-electron chi connectivity index (χ1n) is 8.46. The third kappa shape index (κ3) is 3.58. The van der Waals surface area contributed by atoms with Gasteiger partial charge in [0.2, 0.25) is 11.8 Å². The predicted molar refractivity (Wildman–Crippen MR) is 83.8 cm³/mol. The Morgan fingerprint density at radius 3 is 2.38 bits per heavy atom. The van der Waals surface area contributed by atoms with Gasteiger partial charge in [0.25, 0.3) is 0 Å². The second-order valence-corrected chi connectivity index (χ2v) is 7.54. The molecule has 2 unspecified atom stereocenters. The first-order chi connectivity index (χ1) is 9.85. The van der Waals surface area contributed by atoms with Crippen molar-refractivity contribution in [3.63, 3.8) is 0 Å². The van der Waals surface area contributed by atoms with Gasteiger partial charge in [-0.05, 0) is 37.5 Å². The van der Waals surface area contributed by atoms with Crippen LogP contribution in [0.4, 0.5) is 0 Å². The normalized spacial score (nSPS) is 28.7. The molecule has 0 aromatic heterocycles. The van der Waals surface area contributed by atoms with E-state index < -0.39 is 0 Å². The number of hydrogen-bond acceptors (Lipinski definition) is 2. The second-order valence-electron chi connectivity index (χ2n) is 7.54. The molecule has 1 aliphatic carbocycles. The zero-order valence-electron chi connectivity index (χ0n) is 13.9. The van der Waals surface area contributed by atoms with Gasteiger partial charge in [0.15, 0.2) is 0 Å². The van der Waals surface area contributed by atoms with E-state index in [1.807, 2.05) is 11.8 Å². The number of piperazine rings is 1. The minimum absolute atomic E-state index is 0.0112. The Morgan fingerprint density at radius 2 is 1.81 bits per heavy atom. The summed E-state index contributed by atoms with van der Waals surface area (Å²) in [5, 5.41) is 2.99. The zero-order chi connectivity index (χ0) is 15.6. The molecule has 4 nitrogen and oxygen atoms in total. The Bertz CT molecular complexity index is 400. The smallest absolute Gasteiger partial charge is 0.246 e. The van der Waals surface area contributed by atoms with Crippen LogP contribution in [0.2, 0.25) is 0 Å². The van der Waals surface area contributed by atoms with Crippen LogP contribution in [0.1, 0.15) is 66.2 Å². The van der Waals surface area contributed by atoms with Crippen molar-refractivity contribution in [2.24, 2.45) is 11.3 Å². The van der Waals surface area contributed by atoms with Crippen molar-refractivity contribution in [1.29, 1.82) is 0 Å². The summed E-state index contributed by atoms with van der Waals surface area (Å²) in [7, 11) is 0. The summed E-state index contributed by atoms with van der Waals surface area (Å²) >= 11 is 0. The summed E-state index contributed by atoms with van der Waals surface area (Å²) in [5.74, 6) is 0.475. The van der Waals surface area contributed by atoms with E-state index in [4.69, 9.17) is 0 Å². The SMILES string of the molecule is CCC(C)(C)CN1C(=O)C(C2CCCCC2)NC(=O)C1C. The highest BCUT2D eigenvalue weighted by Gasteiger charge is 2.43. The van der Waals surface area contributed by atoms with Gasteiger partial charge in [-0.15, -0.1) is 0 Å². The van der Waals surface area contributed by atoms with Crippen molar-refractivity contribution in [1.82, 2.24) is 10.2 Å². The molecular weight excluding hydrogens is 264 g/mol. The topological polar surface area (TPSA) is 49.4 Å². The fourth-order valence-corrected chi connectivity index (χ4v) is 3.42. The average molecular weight is 294 g/mol. The Balaban J connectivity index is 2.14. The lowest BCUT2D eigenvalue weighted by Crippen LogP contribution is -2.65. The Kier molecular flexibility index (Phi) is 4.95. The maximum absolute atomic E-state index is 12.9. The molecule has 0 aromatic carbocycles. The lowest BCUT2D eigenvalue weighted by Gasteiger charge is -2.44. The van der Waals surface area contributed by atoms with Crippen LogP contribution < -0.4 is 5.32 Å². The van der Waals surface area contributed by atoms with E-state index in [2.05, 4.69) is 26.1 Å². The minimum Gasteiger partial charge on any atom is -0.342 e. The van der Waals surface area contributed by atoms with E-state index in [9.17, 15) is 9.59 Å². The fraction of sp³-hybridized carbons (Fsp3) is 0.882. The van der Waals surface area contributed by atoms with Crippen LogP contribution in [0, 0.1) is 11.3 Å². The van der Waals surface area contributed by atoms with Crippen molar-refractivity contribution >= 4 is 11.8 Å². The first kappa shape index (κ1) is 16.3. The number of amides is 2. The number of carbonyl (C=O) groups is 2. The van der Waals surface area contributed by atoms with Crippen LogP contribution in [0.5, 0.6) is 0 Å². The maximum Gasteiger partial charge on any atom is 0.246 e. The average Bonchev–Trinajstić information content (AvgIpc) is 2.48. The van der Waals surface area contributed by atoms with Crippen LogP contribution in [-0.4, -0.2) is 35.3 Å². The molecule has 0 radical (unpaired) electrons. The number of nitrogens with one attached hydrogen (secondary N) is 1. The predicted octanol–water partition coefficient (Wildman–Crippen LogP) is 2.72. The van der Waals surface area contributed by atoms with Gasteiger partial charge >= 0.3 is 0 Å². The number of hydrogen-bond donors (Lipinski definition) is 1. The molecule has 2 atom stereocenters. The van der Waals surface area contributed by atoms with Crippen LogP contribution in [0.3, 0.4) is 0 Å². The van der Waals surface area contributed by atoms with Gasteiger partial charge in [0.05, 0.1) is 0 Å². The molecule has 0 aromatic rings. The van der Waals surface area contributed by atoms with Crippen molar-refractivity contribution in [2.75, 3.05) is 6.54 Å². The van der Waals surface area contributed by atoms with Gasteiger partial charge in [-0.25, -0.2) is 0 Å². The summed E-state index contributed by atoms with van der Waals surface area (Å²) in [6.07, 6.45) is 6.75. The minimum atomic E-state index is -0.344. The van der Waals surface area contributed by atoms with Gasteiger partial charge in [-0.1, -0.05) is 40.0 Å². The highest BCUT2D eigenvalue weighted by Crippen LogP contribution is 2.31. The summed E-state index contributed by atoms with van der Waals surface area (Å²) in [4.78, 5) is 27.0. The molecule has 21 heavy (non-hydrogen) atoms. The molecule has 2 rings (SSSR count). The Hall–Kier alpha value is -1.06. The van der Waals surface area contributed by atoms with Crippen molar-refractivity contribution < 1.29 is 9.59 Å². The fourth-order valence-electron chi connectivity index (χ4n) is 3.42. The molecule has 1 heterocycles. The highest BCUT2D eigenvalue weighted by atomic mass is 16.2. The summed E-state index contributed by atoms with van der Waals surface area (Å²) < 4.78 is 0. The molecule has 1 saturated carbocycles. The molecular formula is C17H30N2O2. The molecule has 1 N–H and O–H groups in total. The molecule has 2 aliphatic rings. The van der Waals surface area contributed by atoms with E-state index in [1.165, 1.54) is 19.3 Å². The van der Waals surface area contributed by atoms with Gasteiger partial charge in [0.1, 0.15) is 12.1 Å². The van der Waals surface area contributed by atoms with Crippen LogP contribution in [0.25, 0.3) is 0 Å². The number of carbonyl (C=O) groups excluding carboxylic acids is 2. The summed E-state index contributed by atoms with van der Waals surface area (Å²) in [6, 6.07) is -0.634. The van der Waals surface area contributed by atoms with E-state index in [1.54, 1.807) is 0 Å². The van der Waals surface area contributed by atoms with Crippen molar-refractivity contribution in [3.8, 4) is 0 Å².